The van der Waals surface area contributed by atoms with Crippen molar-refractivity contribution in [3.8, 4) is 0 Å². The Labute approximate surface area is 160 Å². The number of unbranched alkanes of at least 4 members (excludes halogenated alkanes) is 2. The van der Waals surface area contributed by atoms with Crippen molar-refractivity contribution >= 4 is 11.9 Å². The van der Waals surface area contributed by atoms with E-state index in [9.17, 15) is 14.7 Å². The first-order valence-corrected chi connectivity index (χ1v) is 10.8. The maximum Gasteiger partial charge on any atom is 0.309 e. The van der Waals surface area contributed by atoms with Crippen LogP contribution in [-0.2, 0) is 9.59 Å². The van der Waals surface area contributed by atoms with Gasteiger partial charge in [-0.15, -0.1) is 0 Å². The van der Waals surface area contributed by atoms with Crippen LogP contribution in [0.5, 0.6) is 0 Å². The topological polar surface area (TPSA) is 74.6 Å². The van der Waals surface area contributed by atoms with Gasteiger partial charge < -0.3 is 10.2 Å². The number of carboxylic acids is 2. The zero-order valence-corrected chi connectivity index (χ0v) is 17.6. The summed E-state index contributed by atoms with van der Waals surface area (Å²) in [6.07, 6.45) is 11.1. The normalized spacial score (nSPS) is 16.0. The maximum atomic E-state index is 12.4. The van der Waals surface area contributed by atoms with Crippen molar-refractivity contribution in [1.82, 2.24) is 0 Å². The van der Waals surface area contributed by atoms with Gasteiger partial charge in [-0.3, -0.25) is 9.59 Å². The first-order chi connectivity index (χ1) is 12.3. The average Bonchev–Trinajstić information content (AvgIpc) is 2.61. The highest BCUT2D eigenvalue weighted by Gasteiger charge is 2.41. The predicted molar refractivity (Wildman–Crippen MR) is 107 cm³/mol. The predicted octanol–water partition coefficient (Wildman–Crippen LogP) is 6.53. The van der Waals surface area contributed by atoms with Crippen molar-refractivity contribution in [3.63, 3.8) is 0 Å². The Balaban J connectivity index is 5.37. The highest BCUT2D eigenvalue weighted by Crippen LogP contribution is 2.42. The molecule has 0 fully saturated rings. The highest BCUT2D eigenvalue weighted by molar-refractivity contribution is 5.75. The Kier molecular flexibility index (Phi) is 13.5. The lowest BCUT2D eigenvalue weighted by Crippen LogP contribution is -2.36. The van der Waals surface area contributed by atoms with Crippen molar-refractivity contribution in [2.75, 3.05) is 0 Å². The number of hydrogen-bond acceptors (Lipinski definition) is 2. The summed E-state index contributed by atoms with van der Waals surface area (Å²) < 4.78 is 0. The minimum Gasteiger partial charge on any atom is -0.481 e. The third-order valence-electron chi connectivity index (χ3n) is 5.95. The Morgan fingerprint density at radius 2 is 1.27 bits per heavy atom. The molecule has 0 rings (SSSR count). The van der Waals surface area contributed by atoms with Crippen LogP contribution >= 0.6 is 0 Å². The molecule has 4 nitrogen and oxygen atoms in total. The van der Waals surface area contributed by atoms with Crippen LogP contribution in [0.3, 0.4) is 0 Å². The summed E-state index contributed by atoms with van der Waals surface area (Å²) in [7, 11) is 0. The van der Waals surface area contributed by atoms with E-state index < -0.39 is 17.4 Å². The summed E-state index contributed by atoms with van der Waals surface area (Å²) in [4.78, 5) is 23.3. The fourth-order valence-corrected chi connectivity index (χ4v) is 4.14. The lowest BCUT2D eigenvalue weighted by Gasteiger charge is -2.36. The van der Waals surface area contributed by atoms with Gasteiger partial charge in [-0.1, -0.05) is 79.1 Å². The number of rotatable bonds is 17. The molecule has 0 spiro atoms. The van der Waals surface area contributed by atoms with Gasteiger partial charge in [-0.2, -0.15) is 0 Å². The molecular formula is C22H42O4. The van der Waals surface area contributed by atoms with E-state index in [4.69, 9.17) is 5.11 Å². The SMILES string of the molecule is CCCCC(CC)CC(CCCC(=O)O)(CC(CC)CCCC)C(=O)O. The summed E-state index contributed by atoms with van der Waals surface area (Å²) in [6.45, 7) is 8.64. The summed E-state index contributed by atoms with van der Waals surface area (Å²) in [5, 5.41) is 19.2. The van der Waals surface area contributed by atoms with E-state index >= 15 is 0 Å². The smallest absolute Gasteiger partial charge is 0.309 e. The second-order valence-corrected chi connectivity index (χ2v) is 8.07. The van der Waals surface area contributed by atoms with E-state index in [1.54, 1.807) is 0 Å². The second-order valence-electron chi connectivity index (χ2n) is 8.07. The van der Waals surface area contributed by atoms with Crippen LogP contribution in [0.15, 0.2) is 0 Å². The molecule has 0 aromatic rings. The third-order valence-corrected chi connectivity index (χ3v) is 5.95. The molecule has 0 aliphatic rings. The molecular weight excluding hydrogens is 328 g/mol. The van der Waals surface area contributed by atoms with Gasteiger partial charge in [-0.25, -0.2) is 0 Å². The van der Waals surface area contributed by atoms with Gasteiger partial charge in [0.2, 0.25) is 0 Å². The third kappa shape index (κ3) is 9.59. The molecule has 2 unspecified atom stereocenters. The molecule has 154 valence electrons. The molecule has 0 aliphatic carbocycles. The molecule has 26 heavy (non-hydrogen) atoms. The molecule has 4 heteroatoms. The fraction of sp³-hybridized carbons (Fsp3) is 0.909. The molecule has 0 saturated heterocycles. The summed E-state index contributed by atoms with van der Waals surface area (Å²) in [5.41, 5.74) is -0.766. The Morgan fingerprint density at radius 1 is 0.808 bits per heavy atom. The van der Waals surface area contributed by atoms with Gasteiger partial charge in [0.1, 0.15) is 0 Å². The number of carboxylic acid groups (broad SMARTS) is 2. The van der Waals surface area contributed by atoms with Crippen molar-refractivity contribution in [1.29, 1.82) is 0 Å². The Hall–Kier alpha value is -1.06. The monoisotopic (exact) mass is 370 g/mol. The van der Waals surface area contributed by atoms with Gasteiger partial charge in [-0.05, 0) is 37.5 Å². The fourth-order valence-electron chi connectivity index (χ4n) is 4.14. The minimum absolute atomic E-state index is 0.0620. The van der Waals surface area contributed by atoms with Crippen molar-refractivity contribution < 1.29 is 19.8 Å². The van der Waals surface area contributed by atoms with Crippen LogP contribution in [0.1, 0.15) is 111 Å². The molecule has 2 N–H and O–H groups in total. The van der Waals surface area contributed by atoms with Crippen LogP contribution in [0.2, 0.25) is 0 Å². The van der Waals surface area contributed by atoms with E-state index in [0.29, 0.717) is 37.5 Å². The van der Waals surface area contributed by atoms with Gasteiger partial charge in [0.05, 0.1) is 5.41 Å². The standard InChI is InChI=1S/C22H42O4/c1-5-9-12-18(7-3)16-22(21(25)26,15-11-14-20(23)24)17-19(8-4)13-10-6-2/h18-19H,5-17H2,1-4H3,(H,23,24)(H,25,26). The summed E-state index contributed by atoms with van der Waals surface area (Å²) >= 11 is 0. The van der Waals surface area contributed by atoms with Crippen molar-refractivity contribution in [2.24, 2.45) is 17.3 Å². The van der Waals surface area contributed by atoms with Crippen molar-refractivity contribution in [3.05, 3.63) is 0 Å². The molecule has 0 amide bonds. The van der Waals surface area contributed by atoms with Gasteiger partial charge >= 0.3 is 11.9 Å². The molecule has 0 aromatic heterocycles. The van der Waals surface area contributed by atoms with E-state index in [-0.39, 0.29) is 6.42 Å². The number of carbonyl (C=O) groups is 2. The highest BCUT2D eigenvalue weighted by atomic mass is 16.4. The Bertz CT molecular complexity index is 374. The van der Waals surface area contributed by atoms with Gasteiger partial charge in [0, 0.05) is 6.42 Å². The maximum absolute atomic E-state index is 12.4. The number of aliphatic carboxylic acids is 2. The zero-order chi connectivity index (χ0) is 20.0. The van der Waals surface area contributed by atoms with E-state index in [0.717, 1.165) is 51.4 Å². The van der Waals surface area contributed by atoms with Crippen LogP contribution in [0, 0.1) is 17.3 Å². The van der Waals surface area contributed by atoms with Crippen LogP contribution in [-0.4, -0.2) is 22.2 Å². The first-order valence-electron chi connectivity index (χ1n) is 10.8. The van der Waals surface area contributed by atoms with Crippen molar-refractivity contribution in [2.45, 2.75) is 111 Å². The quantitative estimate of drug-likeness (QED) is 0.305. The molecule has 0 heterocycles. The van der Waals surface area contributed by atoms with E-state index in [1.807, 2.05) is 0 Å². The second kappa shape index (κ2) is 14.1. The average molecular weight is 371 g/mol. The molecule has 0 bridgehead atoms. The molecule has 0 saturated carbocycles. The first kappa shape index (κ1) is 24.9. The summed E-state index contributed by atoms with van der Waals surface area (Å²) in [5.74, 6) is -0.716. The van der Waals surface area contributed by atoms with Crippen LogP contribution < -0.4 is 0 Å². The van der Waals surface area contributed by atoms with Gasteiger partial charge in [0.25, 0.3) is 0 Å². The molecule has 0 aliphatic heterocycles. The Morgan fingerprint density at radius 3 is 1.58 bits per heavy atom. The van der Waals surface area contributed by atoms with Gasteiger partial charge in [0.15, 0.2) is 0 Å². The zero-order valence-electron chi connectivity index (χ0n) is 17.6. The van der Waals surface area contributed by atoms with E-state index in [1.165, 1.54) is 0 Å². The molecule has 0 aromatic carbocycles. The molecule has 2 atom stereocenters. The van der Waals surface area contributed by atoms with Crippen LogP contribution in [0.4, 0.5) is 0 Å². The van der Waals surface area contributed by atoms with E-state index in [2.05, 4.69) is 27.7 Å². The summed E-state index contributed by atoms with van der Waals surface area (Å²) in [6, 6.07) is 0. The number of hydrogen-bond donors (Lipinski definition) is 2. The molecule has 0 radical (unpaired) electrons. The largest absolute Gasteiger partial charge is 0.481 e. The lowest BCUT2D eigenvalue weighted by atomic mass is 9.68. The minimum atomic E-state index is -0.833. The lowest BCUT2D eigenvalue weighted by molar-refractivity contribution is -0.153. The van der Waals surface area contributed by atoms with Crippen LogP contribution in [0.25, 0.3) is 0 Å².